The van der Waals surface area contributed by atoms with Crippen LogP contribution in [0.3, 0.4) is 0 Å². The molecule has 2 rings (SSSR count). The van der Waals surface area contributed by atoms with Gasteiger partial charge in [-0.15, -0.1) is 0 Å². The van der Waals surface area contributed by atoms with Crippen molar-refractivity contribution in [1.29, 1.82) is 0 Å². The summed E-state index contributed by atoms with van der Waals surface area (Å²) in [5, 5.41) is 3.40. The molecule has 18 heavy (non-hydrogen) atoms. The Bertz CT molecular complexity index is 364. The van der Waals surface area contributed by atoms with Crippen LogP contribution in [-0.2, 0) is 11.3 Å². The molecule has 0 aliphatic carbocycles. The van der Waals surface area contributed by atoms with Gasteiger partial charge in [-0.2, -0.15) is 0 Å². The lowest BCUT2D eigenvalue weighted by molar-refractivity contribution is -0.130. The summed E-state index contributed by atoms with van der Waals surface area (Å²) in [7, 11) is 0. The molecule has 0 saturated carbocycles. The van der Waals surface area contributed by atoms with Gasteiger partial charge in [-0.05, 0) is 18.4 Å². The van der Waals surface area contributed by atoms with Crippen LogP contribution >= 0.6 is 0 Å². The molecule has 1 saturated heterocycles. The average Bonchev–Trinajstić information content (AvgIpc) is 2.61. The molecule has 0 atom stereocenters. The van der Waals surface area contributed by atoms with Crippen LogP contribution in [-0.4, -0.2) is 30.4 Å². The Kier molecular flexibility index (Phi) is 5.21. The Labute approximate surface area is 109 Å². The van der Waals surface area contributed by atoms with Gasteiger partial charge in [0.1, 0.15) is 0 Å². The third-order valence-electron chi connectivity index (χ3n) is 3.40. The first-order valence-electron chi connectivity index (χ1n) is 6.89. The topological polar surface area (TPSA) is 32.3 Å². The highest BCUT2D eigenvalue weighted by molar-refractivity contribution is 5.76. The number of nitrogens with zero attached hydrogens (tertiary/aromatic N) is 1. The van der Waals surface area contributed by atoms with Crippen molar-refractivity contribution in [2.24, 2.45) is 0 Å². The normalized spacial score (nSPS) is 16.7. The quantitative estimate of drug-likeness (QED) is 0.808. The van der Waals surface area contributed by atoms with Gasteiger partial charge in [-0.1, -0.05) is 36.8 Å². The molecule has 0 spiro atoms. The van der Waals surface area contributed by atoms with E-state index < -0.39 is 0 Å². The predicted octanol–water partition coefficient (Wildman–Crippen LogP) is 2.18. The molecule has 1 aromatic carbocycles. The van der Waals surface area contributed by atoms with Gasteiger partial charge in [0, 0.05) is 32.6 Å². The molecule has 1 N–H and O–H groups in total. The molecule has 1 fully saturated rings. The average molecular weight is 246 g/mol. The van der Waals surface area contributed by atoms with E-state index in [9.17, 15) is 4.79 Å². The van der Waals surface area contributed by atoms with E-state index in [2.05, 4.69) is 29.6 Å². The van der Waals surface area contributed by atoms with Gasteiger partial charge in [0.25, 0.3) is 0 Å². The standard InChI is InChI=1S/C15H22N2O/c18-15-9-5-2-6-11-17(15)12-10-16-13-14-7-3-1-4-8-14/h1,3-4,7-8,16H,2,5-6,9-13H2. The molecule has 98 valence electrons. The second kappa shape index (κ2) is 7.17. The first kappa shape index (κ1) is 13.1. The van der Waals surface area contributed by atoms with Crippen molar-refractivity contribution in [3.05, 3.63) is 35.9 Å². The van der Waals surface area contributed by atoms with Gasteiger partial charge < -0.3 is 10.2 Å². The van der Waals surface area contributed by atoms with E-state index in [4.69, 9.17) is 0 Å². The molecule has 1 heterocycles. The maximum atomic E-state index is 11.8. The number of rotatable bonds is 5. The zero-order valence-corrected chi connectivity index (χ0v) is 10.9. The number of carbonyl (C=O) groups excluding carboxylic acids is 1. The molecule has 3 heteroatoms. The lowest BCUT2D eigenvalue weighted by Gasteiger charge is -2.20. The number of benzene rings is 1. The van der Waals surface area contributed by atoms with Crippen LogP contribution in [0.1, 0.15) is 31.2 Å². The minimum atomic E-state index is 0.328. The highest BCUT2D eigenvalue weighted by Crippen LogP contribution is 2.10. The Hall–Kier alpha value is -1.35. The van der Waals surface area contributed by atoms with Crippen molar-refractivity contribution >= 4 is 5.91 Å². The Morgan fingerprint density at radius 1 is 1.11 bits per heavy atom. The molecule has 0 aromatic heterocycles. The fourth-order valence-corrected chi connectivity index (χ4v) is 2.32. The molecule has 1 aliphatic rings. The highest BCUT2D eigenvalue weighted by atomic mass is 16.2. The van der Waals surface area contributed by atoms with Gasteiger partial charge in [0.2, 0.25) is 5.91 Å². The van der Waals surface area contributed by atoms with Crippen molar-refractivity contribution in [2.45, 2.75) is 32.2 Å². The van der Waals surface area contributed by atoms with Crippen LogP contribution in [0, 0.1) is 0 Å². The van der Waals surface area contributed by atoms with Crippen molar-refractivity contribution in [3.63, 3.8) is 0 Å². The van der Waals surface area contributed by atoms with E-state index in [1.54, 1.807) is 0 Å². The molecular formula is C15H22N2O. The van der Waals surface area contributed by atoms with Gasteiger partial charge in [0.05, 0.1) is 0 Å². The highest BCUT2D eigenvalue weighted by Gasteiger charge is 2.15. The third kappa shape index (κ3) is 4.15. The molecule has 1 aromatic rings. The van der Waals surface area contributed by atoms with Crippen LogP contribution in [0.15, 0.2) is 30.3 Å². The Balaban J connectivity index is 1.67. The van der Waals surface area contributed by atoms with Crippen LogP contribution < -0.4 is 5.32 Å². The zero-order chi connectivity index (χ0) is 12.6. The van der Waals surface area contributed by atoms with Gasteiger partial charge in [-0.3, -0.25) is 4.79 Å². The van der Waals surface area contributed by atoms with Gasteiger partial charge in [0.15, 0.2) is 0 Å². The number of carbonyl (C=O) groups is 1. The minimum Gasteiger partial charge on any atom is -0.341 e. The van der Waals surface area contributed by atoms with Crippen molar-refractivity contribution in [2.75, 3.05) is 19.6 Å². The summed E-state index contributed by atoms with van der Waals surface area (Å²) < 4.78 is 0. The summed E-state index contributed by atoms with van der Waals surface area (Å²) in [5.41, 5.74) is 1.29. The fraction of sp³-hybridized carbons (Fsp3) is 0.533. The van der Waals surface area contributed by atoms with Crippen LogP contribution in [0.5, 0.6) is 0 Å². The number of hydrogen-bond donors (Lipinski definition) is 1. The summed E-state index contributed by atoms with van der Waals surface area (Å²) >= 11 is 0. The molecule has 1 aliphatic heterocycles. The summed E-state index contributed by atoms with van der Waals surface area (Å²) in [4.78, 5) is 13.8. The molecule has 3 nitrogen and oxygen atoms in total. The molecule has 0 radical (unpaired) electrons. The summed E-state index contributed by atoms with van der Waals surface area (Å²) in [5.74, 6) is 0.328. The third-order valence-corrected chi connectivity index (χ3v) is 3.40. The number of nitrogens with one attached hydrogen (secondary N) is 1. The van der Waals surface area contributed by atoms with Gasteiger partial charge >= 0.3 is 0 Å². The van der Waals surface area contributed by atoms with E-state index in [0.717, 1.165) is 45.4 Å². The SMILES string of the molecule is O=C1CCCCCN1CCNCc1ccccc1. The molecular weight excluding hydrogens is 224 g/mol. The first-order valence-corrected chi connectivity index (χ1v) is 6.89. The summed E-state index contributed by atoms with van der Waals surface area (Å²) in [6, 6.07) is 10.4. The maximum absolute atomic E-state index is 11.8. The number of likely N-dealkylation sites (tertiary alicyclic amines) is 1. The summed E-state index contributed by atoms with van der Waals surface area (Å²) in [6.45, 7) is 3.53. The predicted molar refractivity (Wildman–Crippen MR) is 73.2 cm³/mol. The Morgan fingerprint density at radius 3 is 2.78 bits per heavy atom. The smallest absolute Gasteiger partial charge is 0.222 e. The molecule has 1 amide bonds. The van der Waals surface area contributed by atoms with Crippen molar-refractivity contribution in [1.82, 2.24) is 10.2 Å². The second-order valence-electron chi connectivity index (χ2n) is 4.85. The van der Waals surface area contributed by atoms with Gasteiger partial charge in [-0.25, -0.2) is 0 Å². The lowest BCUT2D eigenvalue weighted by atomic mass is 10.2. The van der Waals surface area contributed by atoms with E-state index in [0.29, 0.717) is 5.91 Å². The zero-order valence-electron chi connectivity index (χ0n) is 10.9. The largest absolute Gasteiger partial charge is 0.341 e. The minimum absolute atomic E-state index is 0.328. The van der Waals surface area contributed by atoms with Crippen LogP contribution in [0.2, 0.25) is 0 Å². The Morgan fingerprint density at radius 2 is 1.94 bits per heavy atom. The van der Waals surface area contributed by atoms with E-state index in [-0.39, 0.29) is 0 Å². The fourth-order valence-electron chi connectivity index (χ4n) is 2.32. The first-order chi connectivity index (χ1) is 8.86. The maximum Gasteiger partial charge on any atom is 0.222 e. The monoisotopic (exact) mass is 246 g/mol. The van der Waals surface area contributed by atoms with E-state index >= 15 is 0 Å². The lowest BCUT2D eigenvalue weighted by Crippen LogP contribution is -2.36. The summed E-state index contributed by atoms with van der Waals surface area (Å²) in [6.07, 6.45) is 4.15. The van der Waals surface area contributed by atoms with Crippen molar-refractivity contribution in [3.8, 4) is 0 Å². The molecule has 0 unspecified atom stereocenters. The van der Waals surface area contributed by atoms with Crippen LogP contribution in [0.25, 0.3) is 0 Å². The number of hydrogen-bond acceptors (Lipinski definition) is 2. The molecule has 0 bridgehead atoms. The van der Waals surface area contributed by atoms with E-state index in [1.165, 1.54) is 12.0 Å². The van der Waals surface area contributed by atoms with Crippen molar-refractivity contribution < 1.29 is 4.79 Å². The van der Waals surface area contributed by atoms with E-state index in [1.807, 2.05) is 11.0 Å². The van der Waals surface area contributed by atoms with Crippen LogP contribution in [0.4, 0.5) is 0 Å². The number of amides is 1. The second-order valence-corrected chi connectivity index (χ2v) is 4.85.